The number of carbonyl (C=O) groups excluding carboxylic acids is 1. The SMILES string of the molecule is Cc1ccccc1CNC(=O)C1CCN(Cc2ccc(F)cc2)CC1. The van der Waals surface area contributed by atoms with Crippen molar-refractivity contribution in [2.45, 2.75) is 32.9 Å². The van der Waals surface area contributed by atoms with Gasteiger partial charge in [-0.15, -0.1) is 0 Å². The van der Waals surface area contributed by atoms with Gasteiger partial charge in [-0.3, -0.25) is 9.69 Å². The zero-order chi connectivity index (χ0) is 17.6. The molecule has 0 atom stereocenters. The third-order valence-electron chi connectivity index (χ3n) is 4.99. The lowest BCUT2D eigenvalue weighted by Gasteiger charge is -2.31. The van der Waals surface area contributed by atoms with Crippen molar-refractivity contribution < 1.29 is 9.18 Å². The molecule has 0 spiro atoms. The molecule has 132 valence electrons. The van der Waals surface area contributed by atoms with Crippen LogP contribution in [-0.4, -0.2) is 23.9 Å². The normalized spacial score (nSPS) is 15.9. The Morgan fingerprint density at radius 2 is 1.80 bits per heavy atom. The Balaban J connectivity index is 1.44. The van der Waals surface area contributed by atoms with Gasteiger partial charge in [0.05, 0.1) is 0 Å². The van der Waals surface area contributed by atoms with Crippen molar-refractivity contribution in [3.8, 4) is 0 Å². The number of likely N-dealkylation sites (tertiary alicyclic amines) is 1. The van der Waals surface area contributed by atoms with E-state index in [0.29, 0.717) is 6.54 Å². The van der Waals surface area contributed by atoms with E-state index in [2.05, 4.69) is 29.3 Å². The number of aryl methyl sites for hydroxylation is 1. The first kappa shape index (κ1) is 17.6. The van der Waals surface area contributed by atoms with E-state index < -0.39 is 0 Å². The molecule has 3 rings (SSSR count). The van der Waals surface area contributed by atoms with Crippen molar-refractivity contribution in [2.24, 2.45) is 5.92 Å². The molecule has 0 aromatic heterocycles. The number of halogens is 1. The highest BCUT2D eigenvalue weighted by molar-refractivity contribution is 5.78. The summed E-state index contributed by atoms with van der Waals surface area (Å²) in [6.07, 6.45) is 1.75. The minimum Gasteiger partial charge on any atom is -0.352 e. The van der Waals surface area contributed by atoms with Crippen LogP contribution >= 0.6 is 0 Å². The van der Waals surface area contributed by atoms with Crippen LogP contribution in [0.25, 0.3) is 0 Å². The summed E-state index contributed by atoms with van der Waals surface area (Å²) in [5, 5.41) is 3.08. The molecule has 1 saturated heterocycles. The summed E-state index contributed by atoms with van der Waals surface area (Å²) in [4.78, 5) is 14.7. The maximum atomic E-state index is 13.0. The molecular weight excluding hydrogens is 315 g/mol. The number of carbonyl (C=O) groups is 1. The Labute approximate surface area is 148 Å². The highest BCUT2D eigenvalue weighted by Crippen LogP contribution is 2.19. The van der Waals surface area contributed by atoms with Crippen LogP contribution in [0.4, 0.5) is 4.39 Å². The summed E-state index contributed by atoms with van der Waals surface area (Å²) in [5.74, 6) is 0.0472. The maximum absolute atomic E-state index is 13.0. The number of nitrogens with zero attached hydrogens (tertiary/aromatic N) is 1. The van der Waals surface area contributed by atoms with Crippen molar-refractivity contribution >= 4 is 5.91 Å². The highest BCUT2D eigenvalue weighted by Gasteiger charge is 2.24. The van der Waals surface area contributed by atoms with Crippen LogP contribution < -0.4 is 5.32 Å². The smallest absolute Gasteiger partial charge is 0.223 e. The lowest BCUT2D eigenvalue weighted by atomic mass is 9.95. The van der Waals surface area contributed by atoms with E-state index in [9.17, 15) is 9.18 Å². The fraction of sp³-hybridized carbons (Fsp3) is 0.381. The molecule has 0 bridgehead atoms. The Hall–Kier alpha value is -2.20. The molecule has 1 aliphatic rings. The van der Waals surface area contributed by atoms with Gasteiger partial charge in [0.2, 0.25) is 5.91 Å². The number of rotatable bonds is 5. The van der Waals surface area contributed by atoms with Crippen LogP contribution in [0.15, 0.2) is 48.5 Å². The van der Waals surface area contributed by atoms with E-state index in [4.69, 9.17) is 0 Å². The van der Waals surface area contributed by atoms with Gasteiger partial charge in [-0.25, -0.2) is 4.39 Å². The standard InChI is InChI=1S/C21H25FN2O/c1-16-4-2-3-5-19(16)14-23-21(25)18-10-12-24(13-11-18)15-17-6-8-20(22)9-7-17/h2-9,18H,10-15H2,1H3,(H,23,25). The Bertz CT molecular complexity index is 706. The molecule has 1 fully saturated rings. The monoisotopic (exact) mass is 340 g/mol. The van der Waals surface area contributed by atoms with Gasteiger partial charge >= 0.3 is 0 Å². The molecule has 0 aliphatic carbocycles. The second kappa shape index (κ2) is 8.26. The average Bonchev–Trinajstić information content (AvgIpc) is 2.63. The second-order valence-electron chi connectivity index (χ2n) is 6.82. The van der Waals surface area contributed by atoms with Crippen LogP contribution in [0.2, 0.25) is 0 Å². The Morgan fingerprint density at radius 1 is 1.12 bits per heavy atom. The van der Waals surface area contributed by atoms with Crippen LogP contribution in [0.3, 0.4) is 0 Å². The number of hydrogen-bond acceptors (Lipinski definition) is 2. The number of hydrogen-bond donors (Lipinski definition) is 1. The third kappa shape index (κ3) is 4.89. The highest BCUT2D eigenvalue weighted by atomic mass is 19.1. The van der Waals surface area contributed by atoms with Crippen molar-refractivity contribution in [2.75, 3.05) is 13.1 Å². The average molecular weight is 340 g/mol. The van der Waals surface area contributed by atoms with E-state index in [1.165, 1.54) is 23.3 Å². The molecule has 0 saturated carbocycles. The molecule has 3 nitrogen and oxygen atoms in total. The summed E-state index contributed by atoms with van der Waals surface area (Å²) in [7, 11) is 0. The van der Waals surface area contributed by atoms with Crippen molar-refractivity contribution in [1.82, 2.24) is 10.2 Å². The third-order valence-corrected chi connectivity index (χ3v) is 4.99. The fourth-order valence-electron chi connectivity index (χ4n) is 3.34. The molecule has 1 aliphatic heterocycles. The molecule has 1 amide bonds. The van der Waals surface area contributed by atoms with Crippen molar-refractivity contribution in [3.05, 3.63) is 71.0 Å². The molecule has 2 aromatic rings. The van der Waals surface area contributed by atoms with Gasteiger partial charge < -0.3 is 5.32 Å². The summed E-state index contributed by atoms with van der Waals surface area (Å²) in [6.45, 7) is 5.29. The zero-order valence-corrected chi connectivity index (χ0v) is 14.7. The van der Waals surface area contributed by atoms with Gasteiger partial charge in [-0.05, 0) is 61.7 Å². The van der Waals surface area contributed by atoms with Gasteiger partial charge in [0.1, 0.15) is 5.82 Å². The molecule has 0 radical (unpaired) electrons. The van der Waals surface area contributed by atoms with Crippen LogP contribution in [-0.2, 0) is 17.9 Å². The Kier molecular flexibility index (Phi) is 5.82. The number of amides is 1. The minimum atomic E-state index is -0.201. The molecule has 2 aromatic carbocycles. The quantitative estimate of drug-likeness (QED) is 0.901. The largest absolute Gasteiger partial charge is 0.352 e. The van der Waals surface area contributed by atoms with Gasteiger partial charge in [0.15, 0.2) is 0 Å². The van der Waals surface area contributed by atoms with E-state index >= 15 is 0 Å². The Morgan fingerprint density at radius 3 is 2.48 bits per heavy atom. The zero-order valence-electron chi connectivity index (χ0n) is 14.7. The van der Waals surface area contributed by atoms with Crippen LogP contribution in [0.5, 0.6) is 0 Å². The topological polar surface area (TPSA) is 32.3 Å². The van der Waals surface area contributed by atoms with Crippen molar-refractivity contribution in [3.63, 3.8) is 0 Å². The first-order chi connectivity index (χ1) is 12.1. The number of nitrogens with one attached hydrogen (secondary N) is 1. The molecule has 4 heteroatoms. The van der Waals surface area contributed by atoms with Gasteiger partial charge in [0, 0.05) is 19.0 Å². The summed E-state index contributed by atoms with van der Waals surface area (Å²) in [6, 6.07) is 14.8. The van der Waals surface area contributed by atoms with Gasteiger partial charge in [-0.1, -0.05) is 36.4 Å². The number of benzene rings is 2. The van der Waals surface area contributed by atoms with E-state index in [1.54, 1.807) is 0 Å². The number of piperidine rings is 1. The van der Waals surface area contributed by atoms with Crippen LogP contribution in [0, 0.1) is 18.7 Å². The minimum absolute atomic E-state index is 0.0912. The molecule has 0 unspecified atom stereocenters. The van der Waals surface area contributed by atoms with Gasteiger partial charge in [0.25, 0.3) is 0 Å². The van der Waals surface area contributed by atoms with E-state index in [1.807, 2.05) is 24.3 Å². The molecule has 1 N–H and O–H groups in total. The van der Waals surface area contributed by atoms with Gasteiger partial charge in [-0.2, -0.15) is 0 Å². The summed E-state index contributed by atoms with van der Waals surface area (Å²) in [5.41, 5.74) is 3.49. The van der Waals surface area contributed by atoms with Crippen molar-refractivity contribution in [1.29, 1.82) is 0 Å². The first-order valence-corrected chi connectivity index (χ1v) is 8.91. The predicted octanol–water partition coefficient (Wildman–Crippen LogP) is 3.66. The summed E-state index contributed by atoms with van der Waals surface area (Å²) >= 11 is 0. The maximum Gasteiger partial charge on any atom is 0.223 e. The first-order valence-electron chi connectivity index (χ1n) is 8.91. The summed E-state index contributed by atoms with van der Waals surface area (Å²) < 4.78 is 13.0. The van der Waals surface area contributed by atoms with Crippen LogP contribution in [0.1, 0.15) is 29.5 Å². The van der Waals surface area contributed by atoms with E-state index in [-0.39, 0.29) is 17.6 Å². The fourth-order valence-corrected chi connectivity index (χ4v) is 3.34. The molecule has 25 heavy (non-hydrogen) atoms. The van der Waals surface area contributed by atoms with E-state index in [0.717, 1.165) is 38.0 Å². The predicted molar refractivity (Wildman–Crippen MR) is 97.4 cm³/mol. The second-order valence-corrected chi connectivity index (χ2v) is 6.82. The molecular formula is C21H25FN2O. The lowest BCUT2D eigenvalue weighted by molar-refractivity contribution is -0.126. The lowest BCUT2D eigenvalue weighted by Crippen LogP contribution is -2.40. The molecule has 1 heterocycles.